The van der Waals surface area contributed by atoms with Crippen LogP contribution in [-0.4, -0.2) is 24.1 Å². The summed E-state index contributed by atoms with van der Waals surface area (Å²) in [5, 5.41) is 0.0402. The first-order valence-electron chi connectivity index (χ1n) is 6.69. The molecule has 0 radical (unpaired) electrons. The molecule has 1 aliphatic rings. The van der Waals surface area contributed by atoms with Crippen molar-refractivity contribution in [2.75, 3.05) is 6.61 Å². The van der Waals surface area contributed by atoms with Crippen molar-refractivity contribution in [3.8, 4) is 0 Å². The van der Waals surface area contributed by atoms with Gasteiger partial charge in [-0.15, -0.1) is 11.6 Å². The van der Waals surface area contributed by atoms with E-state index < -0.39 is 0 Å². The molecule has 1 saturated heterocycles. The minimum absolute atomic E-state index is 0.0307. The Hall–Kier alpha value is -1.06. The monoisotopic (exact) mass is 282 g/mol. The fourth-order valence-electron chi connectivity index (χ4n) is 2.38. The maximum absolute atomic E-state index is 11.5. The topological polar surface area (TPSA) is 35.5 Å². The first-order valence-corrected chi connectivity index (χ1v) is 7.12. The van der Waals surface area contributed by atoms with Gasteiger partial charge in [0.15, 0.2) is 0 Å². The second-order valence-electron chi connectivity index (χ2n) is 4.74. The van der Waals surface area contributed by atoms with Crippen LogP contribution >= 0.6 is 11.6 Å². The molecule has 0 amide bonds. The van der Waals surface area contributed by atoms with E-state index in [0.29, 0.717) is 13.0 Å². The Morgan fingerprint density at radius 1 is 1.37 bits per heavy atom. The van der Waals surface area contributed by atoms with Crippen molar-refractivity contribution < 1.29 is 14.3 Å². The minimum Gasteiger partial charge on any atom is -0.466 e. The highest BCUT2D eigenvalue weighted by atomic mass is 35.5. The number of rotatable bonds is 4. The van der Waals surface area contributed by atoms with Crippen LogP contribution in [0.4, 0.5) is 0 Å². The maximum Gasteiger partial charge on any atom is 0.308 e. The number of halogens is 1. The molecule has 2 rings (SSSR count). The number of alkyl halides is 1. The summed E-state index contributed by atoms with van der Waals surface area (Å²) in [5.41, 5.74) is 1.11. The van der Waals surface area contributed by atoms with Crippen LogP contribution in [-0.2, 0) is 14.3 Å². The summed E-state index contributed by atoms with van der Waals surface area (Å²) < 4.78 is 10.9. The van der Waals surface area contributed by atoms with Gasteiger partial charge in [-0.25, -0.2) is 0 Å². The van der Waals surface area contributed by atoms with Gasteiger partial charge in [-0.1, -0.05) is 30.3 Å². The van der Waals surface area contributed by atoms with Crippen molar-refractivity contribution in [3.63, 3.8) is 0 Å². The second-order valence-corrected chi connectivity index (χ2v) is 5.35. The quantitative estimate of drug-likeness (QED) is 0.627. The first-order chi connectivity index (χ1) is 9.19. The number of hydrogen-bond acceptors (Lipinski definition) is 3. The number of esters is 1. The fourth-order valence-corrected chi connectivity index (χ4v) is 2.74. The molecule has 1 heterocycles. The summed E-state index contributed by atoms with van der Waals surface area (Å²) in [5.74, 6) is -0.218. The molecule has 1 fully saturated rings. The Kier molecular flexibility index (Phi) is 5.23. The average Bonchev–Trinajstić information content (AvgIpc) is 2.39. The fraction of sp³-hybridized carbons (Fsp3) is 0.533. The number of benzene rings is 1. The summed E-state index contributed by atoms with van der Waals surface area (Å²) >= 11 is 6.28. The van der Waals surface area contributed by atoms with Crippen molar-refractivity contribution in [1.82, 2.24) is 0 Å². The molecule has 1 aromatic rings. The third kappa shape index (κ3) is 4.22. The molecule has 1 aromatic carbocycles. The van der Waals surface area contributed by atoms with Crippen LogP contribution in [0.15, 0.2) is 30.3 Å². The number of carbonyl (C=O) groups excluding carboxylic acids is 1. The molecule has 0 saturated carbocycles. The molecular formula is C15H19ClO3. The number of ether oxygens (including phenoxy) is 2. The van der Waals surface area contributed by atoms with Crippen molar-refractivity contribution in [2.45, 2.75) is 43.8 Å². The normalized spacial score (nSPS) is 26.9. The van der Waals surface area contributed by atoms with Crippen molar-refractivity contribution in [2.24, 2.45) is 0 Å². The third-order valence-electron chi connectivity index (χ3n) is 3.22. The highest BCUT2D eigenvalue weighted by molar-refractivity contribution is 6.20. The van der Waals surface area contributed by atoms with Crippen LogP contribution in [0.25, 0.3) is 0 Å². The van der Waals surface area contributed by atoms with E-state index in [2.05, 4.69) is 0 Å². The maximum atomic E-state index is 11.5. The summed E-state index contributed by atoms with van der Waals surface area (Å²) in [6.07, 6.45) is 1.58. The standard InChI is InChI=1S/C15H19ClO3/c1-2-18-15(17)10-13-8-12(16)9-14(19-13)11-6-4-3-5-7-11/h3-7,12-14H,2,8-10H2,1H3/t12-,13-,14+/m0/s1. The van der Waals surface area contributed by atoms with Crippen LogP contribution in [0.1, 0.15) is 37.9 Å². The van der Waals surface area contributed by atoms with E-state index in [4.69, 9.17) is 21.1 Å². The summed E-state index contributed by atoms with van der Waals surface area (Å²) in [6.45, 7) is 2.20. The van der Waals surface area contributed by atoms with Gasteiger partial charge >= 0.3 is 5.97 Å². The summed E-state index contributed by atoms with van der Waals surface area (Å²) in [6, 6.07) is 10.00. The van der Waals surface area contributed by atoms with Gasteiger partial charge in [0.05, 0.1) is 25.2 Å². The van der Waals surface area contributed by atoms with E-state index in [0.717, 1.165) is 12.0 Å². The van der Waals surface area contributed by atoms with Crippen LogP contribution in [0, 0.1) is 0 Å². The van der Waals surface area contributed by atoms with E-state index in [1.807, 2.05) is 30.3 Å². The molecule has 0 aromatic heterocycles. The van der Waals surface area contributed by atoms with E-state index in [1.165, 1.54) is 0 Å². The molecule has 4 heteroatoms. The van der Waals surface area contributed by atoms with E-state index in [1.54, 1.807) is 6.92 Å². The Bertz CT molecular complexity index is 407. The van der Waals surface area contributed by atoms with Crippen molar-refractivity contribution in [1.29, 1.82) is 0 Å². The van der Waals surface area contributed by atoms with Gasteiger partial charge < -0.3 is 9.47 Å². The molecule has 1 aliphatic heterocycles. The lowest BCUT2D eigenvalue weighted by Gasteiger charge is -2.32. The van der Waals surface area contributed by atoms with Gasteiger partial charge in [-0.3, -0.25) is 4.79 Å². The molecule has 0 aliphatic carbocycles. The molecule has 0 N–H and O–H groups in total. The predicted molar refractivity (Wildman–Crippen MR) is 74.2 cm³/mol. The highest BCUT2D eigenvalue weighted by Crippen LogP contribution is 2.35. The molecule has 3 nitrogen and oxygen atoms in total. The Labute approximate surface area is 118 Å². The molecular weight excluding hydrogens is 264 g/mol. The Morgan fingerprint density at radius 2 is 2.11 bits per heavy atom. The van der Waals surface area contributed by atoms with Crippen LogP contribution in [0.5, 0.6) is 0 Å². The lowest BCUT2D eigenvalue weighted by Crippen LogP contribution is -2.31. The van der Waals surface area contributed by atoms with E-state index in [9.17, 15) is 4.79 Å². The smallest absolute Gasteiger partial charge is 0.308 e. The SMILES string of the molecule is CCOC(=O)C[C@@H]1C[C@H](Cl)C[C@H](c2ccccc2)O1. The summed E-state index contributed by atoms with van der Waals surface area (Å²) in [7, 11) is 0. The molecule has 0 spiro atoms. The zero-order valence-corrected chi connectivity index (χ0v) is 11.8. The number of carbonyl (C=O) groups is 1. The van der Waals surface area contributed by atoms with E-state index in [-0.39, 0.29) is 30.0 Å². The largest absolute Gasteiger partial charge is 0.466 e. The van der Waals surface area contributed by atoms with Gasteiger partial charge in [0.2, 0.25) is 0 Å². The van der Waals surface area contributed by atoms with Crippen LogP contribution in [0.2, 0.25) is 0 Å². The predicted octanol–water partition coefficient (Wildman–Crippen LogP) is 3.47. The Balaban J connectivity index is 1.98. The zero-order valence-electron chi connectivity index (χ0n) is 11.0. The molecule has 104 valence electrons. The average molecular weight is 283 g/mol. The van der Waals surface area contributed by atoms with Gasteiger partial charge in [0.25, 0.3) is 0 Å². The Morgan fingerprint density at radius 3 is 2.79 bits per heavy atom. The lowest BCUT2D eigenvalue weighted by atomic mass is 9.97. The van der Waals surface area contributed by atoms with Gasteiger partial charge in [-0.05, 0) is 25.3 Å². The molecule has 3 atom stereocenters. The van der Waals surface area contributed by atoms with Crippen LogP contribution in [0.3, 0.4) is 0 Å². The molecule has 0 bridgehead atoms. The zero-order chi connectivity index (χ0) is 13.7. The summed E-state index contributed by atoms with van der Waals surface area (Å²) in [4.78, 5) is 11.5. The minimum atomic E-state index is -0.218. The van der Waals surface area contributed by atoms with Crippen molar-refractivity contribution >= 4 is 17.6 Å². The van der Waals surface area contributed by atoms with Crippen LogP contribution < -0.4 is 0 Å². The van der Waals surface area contributed by atoms with Crippen molar-refractivity contribution in [3.05, 3.63) is 35.9 Å². The van der Waals surface area contributed by atoms with E-state index >= 15 is 0 Å². The van der Waals surface area contributed by atoms with Gasteiger partial charge in [0, 0.05) is 5.38 Å². The highest BCUT2D eigenvalue weighted by Gasteiger charge is 2.30. The third-order valence-corrected chi connectivity index (χ3v) is 3.57. The first kappa shape index (κ1) is 14.4. The second kappa shape index (κ2) is 6.92. The molecule has 19 heavy (non-hydrogen) atoms. The lowest BCUT2D eigenvalue weighted by molar-refractivity contribution is -0.149. The number of hydrogen-bond donors (Lipinski definition) is 0. The molecule has 0 unspecified atom stereocenters. The van der Waals surface area contributed by atoms with Gasteiger partial charge in [0.1, 0.15) is 0 Å². The van der Waals surface area contributed by atoms with Gasteiger partial charge in [-0.2, -0.15) is 0 Å².